The fourth-order valence-electron chi connectivity index (χ4n) is 0.333. The van der Waals surface area contributed by atoms with Gasteiger partial charge < -0.3 is 20.7 Å². The highest BCUT2D eigenvalue weighted by molar-refractivity contribution is 5.73. The van der Waals surface area contributed by atoms with Crippen molar-refractivity contribution in [2.24, 2.45) is 5.73 Å². The smallest absolute Gasteiger partial charge is 0.429 e. The Bertz CT molecular complexity index is 231. The molecule has 0 saturated heterocycles. The number of ether oxygens (including phenoxy) is 1. The summed E-state index contributed by atoms with van der Waals surface area (Å²) >= 11 is 0. The molecule has 0 saturated carbocycles. The van der Waals surface area contributed by atoms with Crippen molar-refractivity contribution in [1.29, 1.82) is 5.39 Å². The summed E-state index contributed by atoms with van der Waals surface area (Å²) in [6.45, 7) is -0.396. The lowest BCUT2D eigenvalue weighted by atomic mass is 10.3. The van der Waals surface area contributed by atoms with Gasteiger partial charge in [-0.25, -0.2) is 0 Å². The lowest BCUT2D eigenvalue weighted by Crippen LogP contribution is -2.34. The highest BCUT2D eigenvalue weighted by atomic mass is 16.6. The first-order chi connectivity index (χ1) is 5.57. The average molecular weight is 174 g/mol. The monoisotopic (exact) mass is 174 g/mol. The average Bonchev–Trinajstić information content (AvgIpc) is 2.00. The van der Waals surface area contributed by atoms with Crippen molar-refractivity contribution in [1.82, 2.24) is 0 Å². The Balaban J connectivity index is 3.78. The second kappa shape index (κ2) is 4.92. The number of aliphatic carboxylic acids is 1. The lowest BCUT2D eigenvalue weighted by Gasteiger charge is -2.04. The Morgan fingerprint density at radius 3 is 2.75 bits per heavy atom. The van der Waals surface area contributed by atoms with Crippen LogP contribution in [0.3, 0.4) is 0 Å². The third-order valence-electron chi connectivity index (χ3n) is 0.896. The van der Waals surface area contributed by atoms with Gasteiger partial charge in [-0.05, 0) is 0 Å². The van der Waals surface area contributed by atoms with Crippen molar-refractivity contribution < 1.29 is 19.7 Å². The molecule has 0 spiro atoms. The quantitative estimate of drug-likeness (QED) is 0.394. The van der Waals surface area contributed by atoms with E-state index in [1.165, 1.54) is 0 Å². The molecule has 0 rings (SSSR count). The molecule has 4 N–H and O–H groups in total. The summed E-state index contributed by atoms with van der Waals surface area (Å²) < 4.78 is 4.36. The number of carbonyl (C=O) groups is 1. The molecular weight excluding hydrogens is 166 g/mol. The highest BCUT2D eigenvalue weighted by Crippen LogP contribution is 1.93. The van der Waals surface area contributed by atoms with Crippen LogP contribution in [-0.2, 0) is 9.53 Å². The van der Waals surface area contributed by atoms with E-state index in [0.717, 1.165) is 0 Å². The molecule has 0 amide bonds. The summed E-state index contributed by atoms with van der Waals surface area (Å²) in [6.07, 6.45) is 0.606. The lowest BCUT2D eigenvalue weighted by molar-refractivity contribution is -0.139. The van der Waals surface area contributed by atoms with Gasteiger partial charge in [0, 0.05) is 0 Å². The molecule has 0 fully saturated rings. The Morgan fingerprint density at radius 1 is 1.75 bits per heavy atom. The predicted octanol–water partition coefficient (Wildman–Crippen LogP) is -0.375. The second-order valence-corrected chi connectivity index (χ2v) is 1.84. The van der Waals surface area contributed by atoms with Crippen molar-refractivity contribution in [3.8, 4) is 0 Å². The predicted molar refractivity (Wildman–Crippen MR) is 37.4 cm³/mol. The van der Waals surface area contributed by atoms with Crippen molar-refractivity contribution in [3.05, 3.63) is 17.1 Å². The number of rotatable bonds is 4. The van der Waals surface area contributed by atoms with Gasteiger partial charge in [0.15, 0.2) is 4.98 Å². The largest absolute Gasteiger partial charge is 0.480 e. The minimum atomic E-state index is -1.25. The molecule has 0 aromatic rings. The van der Waals surface area contributed by atoms with Gasteiger partial charge in [0.25, 0.3) is 0 Å². The van der Waals surface area contributed by atoms with Crippen LogP contribution in [0.4, 0.5) is 0 Å². The van der Waals surface area contributed by atoms with Gasteiger partial charge in [-0.3, -0.25) is 4.79 Å². The van der Waals surface area contributed by atoms with Crippen LogP contribution in [0.25, 0.3) is 4.98 Å². The van der Waals surface area contributed by atoms with Gasteiger partial charge in [0.2, 0.25) is 5.39 Å². The van der Waals surface area contributed by atoms with Gasteiger partial charge in [0.05, 0.1) is 0 Å². The van der Waals surface area contributed by atoms with Crippen molar-refractivity contribution in [2.75, 3.05) is 6.61 Å². The normalized spacial score (nSPS) is 13.2. The number of carboxylic acid groups (broad SMARTS) is 1. The van der Waals surface area contributed by atoms with Crippen LogP contribution in [0, 0.1) is 5.39 Å². The van der Waals surface area contributed by atoms with E-state index in [9.17, 15) is 4.79 Å². The molecule has 0 radical (unpaired) electrons. The van der Waals surface area contributed by atoms with E-state index in [2.05, 4.69) is 9.71 Å². The summed E-state index contributed by atoms with van der Waals surface area (Å²) in [7, 11) is 0. The molecule has 0 heterocycles. The molecule has 1 atom stereocenters. The molecular formula is C5H8N3O4+. The zero-order chi connectivity index (χ0) is 9.56. The zero-order valence-corrected chi connectivity index (χ0v) is 6.04. The summed E-state index contributed by atoms with van der Waals surface area (Å²) in [5.41, 5.74) is 5.00. The van der Waals surface area contributed by atoms with Gasteiger partial charge in [-0.2, -0.15) is 0 Å². The van der Waals surface area contributed by atoms with Gasteiger partial charge in [0.1, 0.15) is 12.6 Å². The van der Waals surface area contributed by atoms with Crippen LogP contribution in [-0.4, -0.2) is 28.8 Å². The van der Waals surface area contributed by atoms with Crippen molar-refractivity contribution in [2.45, 2.75) is 6.04 Å². The van der Waals surface area contributed by atoms with E-state index in [4.69, 9.17) is 21.3 Å². The van der Waals surface area contributed by atoms with Crippen molar-refractivity contribution in [3.63, 3.8) is 0 Å². The molecule has 0 aliphatic heterocycles. The number of carboxylic acids is 1. The summed E-state index contributed by atoms with van der Waals surface area (Å²) in [5.74, 6) is -1.95. The minimum absolute atomic E-state index is 0.396. The second-order valence-electron chi connectivity index (χ2n) is 1.84. The molecule has 0 unspecified atom stereocenters. The molecule has 12 heavy (non-hydrogen) atoms. The molecule has 7 nitrogen and oxygen atoms in total. The van der Waals surface area contributed by atoms with E-state index < -0.39 is 24.6 Å². The molecule has 66 valence electrons. The maximum atomic E-state index is 10.1. The van der Waals surface area contributed by atoms with Crippen LogP contribution in [0.2, 0.25) is 0 Å². The Kier molecular flexibility index (Phi) is 4.18. The van der Waals surface area contributed by atoms with Crippen LogP contribution in [0.15, 0.2) is 12.1 Å². The Morgan fingerprint density at radius 2 is 2.33 bits per heavy atom. The van der Waals surface area contributed by atoms with Crippen LogP contribution < -0.4 is 5.73 Å². The third kappa shape index (κ3) is 4.08. The summed E-state index contributed by atoms with van der Waals surface area (Å²) in [5, 5.41) is 24.7. The number of hydrogen-bond acceptors (Lipinski definition) is 5. The number of nitrogens with two attached hydrogens (primary N) is 1. The molecule has 0 aromatic heterocycles. The van der Waals surface area contributed by atoms with E-state index in [-0.39, 0.29) is 0 Å². The standard InChI is InChI=1S/C5H7N3O4/c6-3(5(10)11)2-12-4(9)1-8-7/h1,3H,2,6H2,(H-,9,10,11)/p+1/b4-1+/t3-/m1/s1. The first-order valence-electron chi connectivity index (χ1n) is 2.92. The fraction of sp³-hybridized carbons (Fsp3) is 0.400. The van der Waals surface area contributed by atoms with Crippen LogP contribution in [0.5, 0.6) is 0 Å². The first-order valence-corrected chi connectivity index (χ1v) is 2.92. The summed E-state index contributed by atoms with van der Waals surface area (Å²) in [6, 6.07) is -1.22. The first kappa shape index (κ1) is 10.2. The van der Waals surface area contributed by atoms with Crippen LogP contribution in [0.1, 0.15) is 0 Å². The maximum Gasteiger partial charge on any atom is 0.429 e. The van der Waals surface area contributed by atoms with Crippen molar-refractivity contribution >= 4 is 5.97 Å². The topological polar surface area (TPSA) is 121 Å². The third-order valence-corrected chi connectivity index (χ3v) is 0.896. The van der Waals surface area contributed by atoms with E-state index >= 15 is 0 Å². The number of nitrogens with zero attached hydrogens (tertiary/aromatic N) is 2. The maximum absolute atomic E-state index is 10.1. The summed E-state index contributed by atoms with van der Waals surface area (Å²) in [4.78, 5) is 12.5. The molecule has 0 aliphatic carbocycles. The zero-order valence-electron chi connectivity index (χ0n) is 6.04. The molecule has 0 bridgehead atoms. The Labute approximate surface area is 67.7 Å². The molecule has 0 aliphatic rings. The van der Waals surface area contributed by atoms with Crippen LogP contribution >= 0.6 is 0 Å². The number of diazo groups is 1. The molecule has 0 aromatic carbocycles. The fourth-order valence-corrected chi connectivity index (χ4v) is 0.333. The van der Waals surface area contributed by atoms with Gasteiger partial charge in [-0.15, -0.1) is 0 Å². The SMILES string of the molecule is N#[N+]/C=C(\O)OC[C@@H](N)C(=O)O. The molecule has 7 heteroatoms. The van der Waals surface area contributed by atoms with E-state index in [0.29, 0.717) is 6.20 Å². The van der Waals surface area contributed by atoms with E-state index in [1.807, 2.05) is 0 Å². The number of aliphatic hydroxyl groups excluding tert-OH is 1. The number of aliphatic hydroxyl groups is 1. The van der Waals surface area contributed by atoms with Gasteiger partial charge >= 0.3 is 18.1 Å². The van der Waals surface area contributed by atoms with E-state index in [1.54, 1.807) is 0 Å². The number of hydrogen-bond donors (Lipinski definition) is 3. The Hall–Kier alpha value is -1.81. The van der Waals surface area contributed by atoms with Gasteiger partial charge in [-0.1, -0.05) is 0 Å². The highest BCUT2D eigenvalue weighted by Gasteiger charge is 2.13. The minimum Gasteiger partial charge on any atom is -0.480 e.